The molecule has 1 aliphatic heterocycles. The fourth-order valence-electron chi connectivity index (χ4n) is 3.27. The molecule has 8 nitrogen and oxygen atoms in total. The highest BCUT2D eigenvalue weighted by atomic mass is 35.5. The minimum absolute atomic E-state index is 0.232. The van der Waals surface area contributed by atoms with Crippen LogP contribution in [0.5, 0.6) is 5.75 Å². The summed E-state index contributed by atoms with van der Waals surface area (Å²) in [6.07, 6.45) is -0.753. The fraction of sp³-hybridized carbons (Fsp3) is 0.333. The van der Waals surface area contributed by atoms with Crippen LogP contribution < -0.4 is 10.1 Å². The summed E-state index contributed by atoms with van der Waals surface area (Å²) in [6, 6.07) is 11.6. The van der Waals surface area contributed by atoms with Gasteiger partial charge in [-0.3, -0.25) is 10.1 Å². The lowest BCUT2D eigenvalue weighted by atomic mass is 10.3. The highest BCUT2D eigenvalue weighted by Gasteiger charge is 2.28. The van der Waals surface area contributed by atoms with Crippen molar-refractivity contribution in [1.82, 2.24) is 14.2 Å². The Morgan fingerprint density at radius 1 is 1.16 bits per heavy atom. The van der Waals surface area contributed by atoms with E-state index < -0.39 is 16.1 Å². The number of piperazine rings is 1. The Kier molecular flexibility index (Phi) is 6.68. The topological polar surface area (TPSA) is 91.8 Å². The molecule has 4 rings (SSSR count). The summed E-state index contributed by atoms with van der Waals surface area (Å²) in [5, 5.41) is 3.70. The number of nitrogens with one attached hydrogen (secondary N) is 1. The molecule has 11 heteroatoms. The summed E-state index contributed by atoms with van der Waals surface area (Å²) in [6.45, 7) is 3.97. The molecular weight excluding hydrogens is 472 g/mol. The first-order chi connectivity index (χ1) is 15.2. The van der Waals surface area contributed by atoms with Crippen molar-refractivity contribution >= 4 is 54.2 Å². The van der Waals surface area contributed by atoms with Crippen LogP contribution in [0.4, 0.5) is 5.13 Å². The normalized spacial score (nSPS) is 16.7. The van der Waals surface area contributed by atoms with Gasteiger partial charge in [0.25, 0.3) is 5.91 Å². The summed E-state index contributed by atoms with van der Waals surface area (Å²) in [4.78, 5) is 19.2. The lowest BCUT2D eigenvalue weighted by molar-refractivity contribution is -0.122. The number of benzene rings is 2. The maximum absolute atomic E-state index is 13.0. The van der Waals surface area contributed by atoms with E-state index in [1.807, 2.05) is 7.05 Å². The van der Waals surface area contributed by atoms with Gasteiger partial charge < -0.3 is 9.64 Å². The van der Waals surface area contributed by atoms with E-state index in [9.17, 15) is 13.2 Å². The largest absolute Gasteiger partial charge is 0.481 e. The maximum atomic E-state index is 13.0. The number of thiazole rings is 1. The SMILES string of the molecule is CC(Oc1ccc(Cl)cc1)C(=O)Nc1nc2ccc(S(=O)(=O)N3CCN(C)CC3)cc2s1. The first kappa shape index (κ1) is 22.9. The molecule has 1 N–H and O–H groups in total. The predicted molar refractivity (Wildman–Crippen MR) is 126 cm³/mol. The van der Waals surface area contributed by atoms with Crippen molar-refractivity contribution in [3.63, 3.8) is 0 Å². The molecule has 1 aromatic heterocycles. The number of fused-ring (bicyclic) bond motifs is 1. The van der Waals surface area contributed by atoms with Crippen molar-refractivity contribution < 1.29 is 17.9 Å². The van der Waals surface area contributed by atoms with Gasteiger partial charge in [-0.25, -0.2) is 13.4 Å². The third-order valence-electron chi connectivity index (χ3n) is 5.19. The number of likely N-dealkylation sites (N-methyl/N-ethyl adjacent to an activating group) is 1. The number of halogens is 1. The van der Waals surface area contributed by atoms with E-state index in [4.69, 9.17) is 16.3 Å². The zero-order valence-electron chi connectivity index (χ0n) is 17.6. The van der Waals surface area contributed by atoms with Crippen LogP contribution in [0.25, 0.3) is 10.2 Å². The number of rotatable bonds is 6. The molecule has 0 spiro atoms. The van der Waals surface area contributed by atoms with E-state index in [0.29, 0.717) is 52.3 Å². The molecule has 0 bridgehead atoms. The second-order valence-corrected chi connectivity index (χ2v) is 11.0. The van der Waals surface area contributed by atoms with Gasteiger partial charge in [0.2, 0.25) is 10.0 Å². The first-order valence-electron chi connectivity index (χ1n) is 10.0. The van der Waals surface area contributed by atoms with Gasteiger partial charge in [-0.15, -0.1) is 0 Å². The smallest absolute Gasteiger partial charge is 0.266 e. The van der Waals surface area contributed by atoms with Gasteiger partial charge in [-0.1, -0.05) is 22.9 Å². The number of sulfonamides is 1. The van der Waals surface area contributed by atoms with Gasteiger partial charge in [-0.2, -0.15) is 4.31 Å². The van der Waals surface area contributed by atoms with Crippen LogP contribution in [0.3, 0.4) is 0 Å². The number of ether oxygens (including phenoxy) is 1. The third-order valence-corrected chi connectivity index (χ3v) is 8.27. The lowest BCUT2D eigenvalue weighted by Crippen LogP contribution is -2.46. The quantitative estimate of drug-likeness (QED) is 0.565. The Balaban J connectivity index is 1.46. The van der Waals surface area contributed by atoms with E-state index in [0.717, 1.165) is 0 Å². The van der Waals surface area contributed by atoms with Gasteiger partial charge in [-0.05, 0) is 56.4 Å². The molecule has 32 heavy (non-hydrogen) atoms. The van der Waals surface area contributed by atoms with Crippen molar-refractivity contribution in [2.45, 2.75) is 17.9 Å². The summed E-state index contributed by atoms with van der Waals surface area (Å²) >= 11 is 7.08. The van der Waals surface area contributed by atoms with Crippen LogP contribution in [0, 0.1) is 0 Å². The van der Waals surface area contributed by atoms with Crippen LogP contribution >= 0.6 is 22.9 Å². The second kappa shape index (κ2) is 9.32. The highest BCUT2D eigenvalue weighted by molar-refractivity contribution is 7.89. The number of amides is 1. The van der Waals surface area contributed by atoms with Crippen LogP contribution in [0.15, 0.2) is 47.4 Å². The molecule has 170 valence electrons. The standard InChI is InChI=1S/C21H23ClN4O4S2/c1-14(30-16-5-3-15(22)4-6-16)20(27)24-21-23-18-8-7-17(13-19(18)31-21)32(28,29)26-11-9-25(2)10-12-26/h3-8,13-14H,9-12H2,1-2H3,(H,23,24,27). The second-order valence-electron chi connectivity index (χ2n) is 7.56. The molecule has 2 heterocycles. The molecule has 1 amide bonds. The molecule has 0 radical (unpaired) electrons. The lowest BCUT2D eigenvalue weighted by Gasteiger charge is -2.31. The van der Waals surface area contributed by atoms with Gasteiger partial charge in [0.1, 0.15) is 5.75 Å². The van der Waals surface area contributed by atoms with E-state index in [2.05, 4.69) is 15.2 Å². The third kappa shape index (κ3) is 5.05. The van der Waals surface area contributed by atoms with Crippen LogP contribution in [0.1, 0.15) is 6.92 Å². The zero-order valence-corrected chi connectivity index (χ0v) is 20.0. The molecule has 1 aliphatic rings. The number of nitrogens with zero attached hydrogens (tertiary/aromatic N) is 3. The molecule has 3 aromatic rings. The Labute approximate surface area is 195 Å². The minimum Gasteiger partial charge on any atom is -0.481 e. The molecule has 1 fully saturated rings. The van der Waals surface area contributed by atoms with E-state index in [1.165, 1.54) is 15.6 Å². The fourth-order valence-corrected chi connectivity index (χ4v) is 5.83. The maximum Gasteiger partial charge on any atom is 0.266 e. The number of hydrogen-bond acceptors (Lipinski definition) is 7. The van der Waals surface area contributed by atoms with E-state index >= 15 is 0 Å². The van der Waals surface area contributed by atoms with Crippen LogP contribution in [-0.4, -0.2) is 67.8 Å². The number of aromatic nitrogens is 1. The monoisotopic (exact) mass is 494 g/mol. The number of carbonyl (C=O) groups is 1. The van der Waals surface area contributed by atoms with Crippen LogP contribution in [0.2, 0.25) is 5.02 Å². The summed E-state index contributed by atoms with van der Waals surface area (Å²) < 4.78 is 33.8. The van der Waals surface area contributed by atoms with Gasteiger partial charge in [0.05, 0.1) is 15.1 Å². The molecule has 1 atom stereocenters. The number of carbonyl (C=O) groups excluding carboxylic acids is 1. The predicted octanol–water partition coefficient (Wildman–Crippen LogP) is 3.29. The number of hydrogen-bond donors (Lipinski definition) is 1. The molecule has 1 saturated heterocycles. The van der Waals surface area contributed by atoms with Crippen molar-refractivity contribution in [2.75, 3.05) is 38.5 Å². The molecule has 0 aliphatic carbocycles. The number of anilines is 1. The average Bonchev–Trinajstić information content (AvgIpc) is 3.17. The first-order valence-corrected chi connectivity index (χ1v) is 12.7. The Bertz CT molecular complexity index is 1220. The Hall–Kier alpha value is -2.24. The summed E-state index contributed by atoms with van der Waals surface area (Å²) in [5.41, 5.74) is 0.619. The van der Waals surface area contributed by atoms with E-state index in [1.54, 1.807) is 49.4 Å². The van der Waals surface area contributed by atoms with Gasteiger partial charge in [0, 0.05) is 31.2 Å². The summed E-state index contributed by atoms with van der Waals surface area (Å²) in [5.74, 6) is 0.171. The van der Waals surface area contributed by atoms with Gasteiger partial charge in [0.15, 0.2) is 11.2 Å². The molecule has 0 saturated carbocycles. The molecule has 2 aromatic carbocycles. The van der Waals surface area contributed by atoms with Crippen molar-refractivity contribution in [3.8, 4) is 5.75 Å². The van der Waals surface area contributed by atoms with Crippen LogP contribution in [-0.2, 0) is 14.8 Å². The Morgan fingerprint density at radius 3 is 2.53 bits per heavy atom. The zero-order chi connectivity index (χ0) is 22.9. The average molecular weight is 495 g/mol. The van der Waals surface area contributed by atoms with Crippen molar-refractivity contribution in [2.24, 2.45) is 0 Å². The summed E-state index contributed by atoms with van der Waals surface area (Å²) in [7, 11) is -1.60. The minimum atomic E-state index is -3.57. The highest BCUT2D eigenvalue weighted by Crippen LogP contribution is 2.30. The molecule has 1 unspecified atom stereocenters. The molecular formula is C21H23ClN4O4S2. The van der Waals surface area contributed by atoms with E-state index in [-0.39, 0.29) is 10.8 Å². The Morgan fingerprint density at radius 2 is 1.84 bits per heavy atom. The van der Waals surface area contributed by atoms with Crippen molar-refractivity contribution in [3.05, 3.63) is 47.5 Å². The van der Waals surface area contributed by atoms with Crippen molar-refractivity contribution in [1.29, 1.82) is 0 Å². The van der Waals surface area contributed by atoms with Gasteiger partial charge >= 0.3 is 0 Å².